The summed E-state index contributed by atoms with van der Waals surface area (Å²) in [7, 11) is 0. The molecule has 6 nitrogen and oxygen atoms in total. The molecule has 0 bridgehead atoms. The fourth-order valence-corrected chi connectivity index (χ4v) is 2.82. The largest absolute Gasteiger partial charge is 0.366 e. The Labute approximate surface area is 143 Å². The number of nitro benzene ring substituents is 1. The van der Waals surface area contributed by atoms with E-state index in [2.05, 4.69) is 15.3 Å². The van der Waals surface area contributed by atoms with Gasteiger partial charge >= 0.3 is 0 Å². The molecule has 0 atom stereocenters. The van der Waals surface area contributed by atoms with Gasteiger partial charge in [0.1, 0.15) is 5.82 Å². The second-order valence-electron chi connectivity index (χ2n) is 5.68. The van der Waals surface area contributed by atoms with Gasteiger partial charge in [0.15, 0.2) is 0 Å². The molecule has 25 heavy (non-hydrogen) atoms. The highest BCUT2D eigenvalue weighted by atomic mass is 16.6. The van der Waals surface area contributed by atoms with Crippen LogP contribution >= 0.6 is 0 Å². The lowest BCUT2D eigenvalue weighted by Gasteiger charge is -2.09. The Morgan fingerprint density at radius 1 is 1.00 bits per heavy atom. The summed E-state index contributed by atoms with van der Waals surface area (Å²) in [6.07, 6.45) is 1.78. The second-order valence-corrected chi connectivity index (χ2v) is 5.68. The molecule has 2 heterocycles. The summed E-state index contributed by atoms with van der Waals surface area (Å²) >= 11 is 0. The number of rotatable bonds is 4. The number of anilines is 1. The summed E-state index contributed by atoms with van der Waals surface area (Å²) < 4.78 is 0. The molecule has 0 aliphatic carbocycles. The first-order valence-corrected chi connectivity index (χ1v) is 7.82. The van der Waals surface area contributed by atoms with E-state index in [9.17, 15) is 10.1 Å². The Morgan fingerprint density at radius 3 is 2.76 bits per heavy atom. The van der Waals surface area contributed by atoms with Gasteiger partial charge in [-0.05, 0) is 29.8 Å². The molecule has 1 N–H and O–H groups in total. The average molecular weight is 330 g/mol. The summed E-state index contributed by atoms with van der Waals surface area (Å²) in [5.74, 6) is 0.717. The van der Waals surface area contributed by atoms with E-state index in [4.69, 9.17) is 0 Å². The van der Waals surface area contributed by atoms with Crippen LogP contribution in [0.5, 0.6) is 0 Å². The molecule has 0 amide bonds. The summed E-state index contributed by atoms with van der Waals surface area (Å²) in [5, 5.41) is 16.0. The SMILES string of the molecule is O=[N+]([O-])c1ccc2nc(NCc3cccc4cccnc34)ccc2c1. The average Bonchev–Trinajstić information content (AvgIpc) is 2.65. The number of benzene rings is 2. The molecule has 0 radical (unpaired) electrons. The van der Waals surface area contributed by atoms with Gasteiger partial charge in [-0.1, -0.05) is 24.3 Å². The standard InChI is InChI=1S/C19H14N4O2/c24-23(25)16-7-8-17-14(11-16)6-9-18(22-17)21-12-15-4-1-3-13-5-2-10-20-19(13)15/h1-11H,12H2,(H,21,22). The van der Waals surface area contributed by atoms with Crippen LogP contribution in [0.25, 0.3) is 21.8 Å². The van der Waals surface area contributed by atoms with Gasteiger partial charge in [0.05, 0.1) is 16.0 Å². The number of hydrogen-bond acceptors (Lipinski definition) is 5. The molecular weight excluding hydrogens is 316 g/mol. The van der Waals surface area contributed by atoms with Crippen molar-refractivity contribution in [3.63, 3.8) is 0 Å². The number of non-ortho nitro benzene ring substituents is 1. The predicted octanol–water partition coefficient (Wildman–Crippen LogP) is 4.30. The third-order valence-electron chi connectivity index (χ3n) is 4.06. The van der Waals surface area contributed by atoms with E-state index in [-0.39, 0.29) is 5.69 Å². The van der Waals surface area contributed by atoms with E-state index in [0.29, 0.717) is 17.9 Å². The Morgan fingerprint density at radius 2 is 1.88 bits per heavy atom. The van der Waals surface area contributed by atoms with Gasteiger partial charge in [0, 0.05) is 35.6 Å². The fraction of sp³-hybridized carbons (Fsp3) is 0.0526. The van der Waals surface area contributed by atoms with Crippen molar-refractivity contribution in [2.75, 3.05) is 5.32 Å². The van der Waals surface area contributed by atoms with E-state index in [1.165, 1.54) is 12.1 Å². The zero-order chi connectivity index (χ0) is 17.2. The van der Waals surface area contributed by atoms with Crippen molar-refractivity contribution in [3.8, 4) is 0 Å². The smallest absolute Gasteiger partial charge is 0.270 e. The van der Waals surface area contributed by atoms with Crippen LogP contribution in [-0.4, -0.2) is 14.9 Å². The third-order valence-corrected chi connectivity index (χ3v) is 4.06. The number of hydrogen-bond donors (Lipinski definition) is 1. The molecule has 0 aliphatic heterocycles. The highest BCUT2D eigenvalue weighted by Gasteiger charge is 2.07. The van der Waals surface area contributed by atoms with Crippen molar-refractivity contribution < 1.29 is 4.92 Å². The molecule has 2 aromatic heterocycles. The van der Waals surface area contributed by atoms with Crippen molar-refractivity contribution in [3.05, 3.63) is 82.5 Å². The molecule has 4 aromatic rings. The minimum Gasteiger partial charge on any atom is -0.366 e. The minimum absolute atomic E-state index is 0.0665. The van der Waals surface area contributed by atoms with Crippen LogP contribution in [0.3, 0.4) is 0 Å². The van der Waals surface area contributed by atoms with Crippen molar-refractivity contribution in [2.24, 2.45) is 0 Å². The quantitative estimate of drug-likeness (QED) is 0.445. The lowest BCUT2D eigenvalue weighted by molar-refractivity contribution is -0.384. The molecule has 4 rings (SSSR count). The van der Waals surface area contributed by atoms with E-state index >= 15 is 0 Å². The molecule has 0 fully saturated rings. The monoisotopic (exact) mass is 330 g/mol. The molecule has 6 heteroatoms. The van der Waals surface area contributed by atoms with Crippen molar-refractivity contribution >= 4 is 33.3 Å². The van der Waals surface area contributed by atoms with Gasteiger partial charge in [-0.15, -0.1) is 0 Å². The number of nitrogens with one attached hydrogen (secondary N) is 1. The number of para-hydroxylation sites is 1. The van der Waals surface area contributed by atoms with Gasteiger partial charge < -0.3 is 5.32 Å². The molecule has 0 saturated carbocycles. The van der Waals surface area contributed by atoms with E-state index < -0.39 is 4.92 Å². The molecular formula is C19H14N4O2. The lowest BCUT2D eigenvalue weighted by atomic mass is 10.1. The summed E-state index contributed by atoms with van der Waals surface area (Å²) in [4.78, 5) is 19.4. The van der Waals surface area contributed by atoms with Crippen LogP contribution in [-0.2, 0) is 6.54 Å². The van der Waals surface area contributed by atoms with E-state index in [0.717, 1.165) is 21.9 Å². The minimum atomic E-state index is -0.404. The van der Waals surface area contributed by atoms with Crippen LogP contribution in [0.15, 0.2) is 66.9 Å². The topological polar surface area (TPSA) is 81.0 Å². The van der Waals surface area contributed by atoms with Crippen LogP contribution in [0.2, 0.25) is 0 Å². The summed E-state index contributed by atoms with van der Waals surface area (Å²) in [6.45, 7) is 0.597. The number of aromatic nitrogens is 2. The maximum absolute atomic E-state index is 10.8. The van der Waals surface area contributed by atoms with Crippen LogP contribution < -0.4 is 5.32 Å². The van der Waals surface area contributed by atoms with Crippen molar-refractivity contribution in [1.29, 1.82) is 0 Å². The van der Waals surface area contributed by atoms with Gasteiger partial charge in [-0.2, -0.15) is 0 Å². The van der Waals surface area contributed by atoms with Crippen molar-refractivity contribution in [2.45, 2.75) is 6.54 Å². The van der Waals surface area contributed by atoms with Crippen LogP contribution in [0.1, 0.15) is 5.56 Å². The molecule has 0 saturated heterocycles. The van der Waals surface area contributed by atoms with E-state index in [1.807, 2.05) is 42.5 Å². The fourth-order valence-electron chi connectivity index (χ4n) is 2.82. The zero-order valence-corrected chi connectivity index (χ0v) is 13.2. The third kappa shape index (κ3) is 2.97. The molecule has 0 aliphatic rings. The maximum atomic E-state index is 10.8. The van der Waals surface area contributed by atoms with Crippen LogP contribution in [0, 0.1) is 10.1 Å². The number of nitrogens with zero attached hydrogens (tertiary/aromatic N) is 3. The van der Waals surface area contributed by atoms with Crippen molar-refractivity contribution in [1.82, 2.24) is 9.97 Å². The Kier molecular flexibility index (Phi) is 3.70. The maximum Gasteiger partial charge on any atom is 0.270 e. The van der Waals surface area contributed by atoms with Gasteiger partial charge in [-0.25, -0.2) is 4.98 Å². The lowest BCUT2D eigenvalue weighted by Crippen LogP contribution is -2.02. The molecule has 122 valence electrons. The highest BCUT2D eigenvalue weighted by Crippen LogP contribution is 2.22. The Bertz CT molecular complexity index is 1090. The molecule has 0 unspecified atom stereocenters. The normalized spacial score (nSPS) is 10.9. The summed E-state index contributed by atoms with van der Waals surface area (Å²) in [6, 6.07) is 18.3. The second kappa shape index (κ2) is 6.16. The number of fused-ring (bicyclic) bond motifs is 2. The van der Waals surface area contributed by atoms with Gasteiger partial charge in [0.25, 0.3) is 5.69 Å². The van der Waals surface area contributed by atoms with Crippen LogP contribution in [0.4, 0.5) is 11.5 Å². The first-order chi connectivity index (χ1) is 12.2. The predicted molar refractivity (Wildman–Crippen MR) is 97.5 cm³/mol. The zero-order valence-electron chi connectivity index (χ0n) is 13.2. The highest BCUT2D eigenvalue weighted by molar-refractivity contribution is 5.83. The van der Waals surface area contributed by atoms with Gasteiger partial charge in [-0.3, -0.25) is 15.1 Å². The molecule has 2 aromatic carbocycles. The van der Waals surface area contributed by atoms with E-state index in [1.54, 1.807) is 12.3 Å². The summed E-state index contributed by atoms with van der Waals surface area (Å²) in [5.41, 5.74) is 2.83. The van der Waals surface area contributed by atoms with Gasteiger partial charge in [0.2, 0.25) is 0 Å². The first-order valence-electron chi connectivity index (χ1n) is 7.82. The molecule has 0 spiro atoms. The number of pyridine rings is 2. The Balaban J connectivity index is 1.60. The Hall–Kier alpha value is -3.54. The number of nitro groups is 1. The first kappa shape index (κ1) is 15.0.